The van der Waals surface area contributed by atoms with E-state index in [2.05, 4.69) is 4.74 Å². The normalized spacial score (nSPS) is 11.7. The van der Waals surface area contributed by atoms with Crippen LogP contribution in [0.1, 0.15) is 12.0 Å². The van der Waals surface area contributed by atoms with Gasteiger partial charge in [-0.1, -0.05) is 12.1 Å². The molecule has 0 spiro atoms. The van der Waals surface area contributed by atoms with Crippen LogP contribution in [0.25, 0.3) is 0 Å². The number of aliphatic carboxylic acids is 1. The number of methoxy groups -OCH3 is 2. The van der Waals surface area contributed by atoms with E-state index in [9.17, 15) is 9.59 Å². The van der Waals surface area contributed by atoms with Gasteiger partial charge in [0.05, 0.1) is 26.6 Å². The maximum Gasteiger partial charge on any atom is 0.307 e. The van der Waals surface area contributed by atoms with Crippen molar-refractivity contribution in [3.63, 3.8) is 0 Å². The van der Waals surface area contributed by atoms with Crippen molar-refractivity contribution in [3.8, 4) is 5.75 Å². The van der Waals surface area contributed by atoms with Crippen LogP contribution in [-0.4, -0.2) is 31.3 Å². The summed E-state index contributed by atoms with van der Waals surface area (Å²) in [6.07, 6.45) is 0.159. The van der Waals surface area contributed by atoms with Gasteiger partial charge in [-0.25, -0.2) is 0 Å². The molecule has 0 aromatic heterocycles. The average molecular weight is 252 g/mol. The molecule has 0 aliphatic heterocycles. The fraction of sp³-hybridized carbons (Fsp3) is 0.385. The number of esters is 1. The predicted molar refractivity (Wildman–Crippen MR) is 64.5 cm³/mol. The molecule has 5 heteroatoms. The zero-order valence-electron chi connectivity index (χ0n) is 10.4. The molecule has 18 heavy (non-hydrogen) atoms. The van der Waals surface area contributed by atoms with Crippen LogP contribution in [0.15, 0.2) is 24.3 Å². The second kappa shape index (κ2) is 6.64. The van der Waals surface area contributed by atoms with E-state index in [1.54, 1.807) is 31.4 Å². The largest absolute Gasteiger partial charge is 0.497 e. The highest BCUT2D eigenvalue weighted by Gasteiger charge is 2.22. The topological polar surface area (TPSA) is 72.8 Å². The van der Waals surface area contributed by atoms with Crippen LogP contribution in [0, 0.1) is 5.92 Å². The van der Waals surface area contributed by atoms with Crippen molar-refractivity contribution in [2.45, 2.75) is 12.8 Å². The zero-order valence-corrected chi connectivity index (χ0v) is 10.4. The molecule has 1 rings (SSSR count). The summed E-state index contributed by atoms with van der Waals surface area (Å²) < 4.78 is 9.50. The van der Waals surface area contributed by atoms with Crippen molar-refractivity contribution in [3.05, 3.63) is 29.8 Å². The standard InChI is InChI=1S/C13H16O5/c1-17-11-5-3-9(4-6-11)7-10(13(15)16)8-12(14)18-2/h3-6,10H,7-8H2,1-2H3,(H,15,16). The van der Waals surface area contributed by atoms with Crippen LogP contribution in [-0.2, 0) is 20.7 Å². The number of hydrogen-bond acceptors (Lipinski definition) is 4. The quantitative estimate of drug-likeness (QED) is 0.777. The van der Waals surface area contributed by atoms with Crippen molar-refractivity contribution in [1.29, 1.82) is 0 Å². The van der Waals surface area contributed by atoms with Gasteiger partial charge in [-0.05, 0) is 24.1 Å². The second-order valence-electron chi connectivity index (χ2n) is 3.87. The van der Waals surface area contributed by atoms with Crippen LogP contribution >= 0.6 is 0 Å². The molecule has 0 aliphatic rings. The lowest BCUT2D eigenvalue weighted by Crippen LogP contribution is -2.21. The molecule has 5 nitrogen and oxygen atoms in total. The van der Waals surface area contributed by atoms with Gasteiger partial charge in [0.1, 0.15) is 5.75 Å². The smallest absolute Gasteiger partial charge is 0.307 e. The summed E-state index contributed by atoms with van der Waals surface area (Å²) >= 11 is 0. The molecule has 1 N–H and O–H groups in total. The Hall–Kier alpha value is -2.04. The first-order valence-electron chi connectivity index (χ1n) is 5.49. The van der Waals surface area contributed by atoms with Gasteiger partial charge in [-0.2, -0.15) is 0 Å². The van der Waals surface area contributed by atoms with E-state index in [0.717, 1.165) is 5.56 Å². The minimum atomic E-state index is -1.00. The molecule has 1 aromatic rings. The number of ether oxygens (including phenoxy) is 2. The Labute approximate surface area is 105 Å². The van der Waals surface area contributed by atoms with Crippen LogP contribution in [0.4, 0.5) is 0 Å². The molecule has 0 aliphatic carbocycles. The number of hydrogen-bond donors (Lipinski definition) is 1. The molecule has 1 aromatic carbocycles. The van der Waals surface area contributed by atoms with Crippen LogP contribution < -0.4 is 4.74 Å². The van der Waals surface area contributed by atoms with Crippen molar-refractivity contribution in [2.75, 3.05) is 14.2 Å². The van der Waals surface area contributed by atoms with E-state index in [1.807, 2.05) is 0 Å². The Morgan fingerprint density at radius 1 is 1.22 bits per heavy atom. The SMILES string of the molecule is COC(=O)CC(Cc1ccc(OC)cc1)C(=O)O. The Balaban J connectivity index is 2.70. The lowest BCUT2D eigenvalue weighted by Gasteiger charge is -2.11. The summed E-state index contributed by atoms with van der Waals surface area (Å²) in [4.78, 5) is 22.2. The molecule has 0 heterocycles. The number of rotatable bonds is 6. The Kier molecular flexibility index (Phi) is 5.17. The Bertz CT molecular complexity index is 410. The molecule has 1 unspecified atom stereocenters. The van der Waals surface area contributed by atoms with Gasteiger partial charge < -0.3 is 14.6 Å². The number of benzene rings is 1. The van der Waals surface area contributed by atoms with Gasteiger partial charge in [0.2, 0.25) is 0 Å². The molecule has 0 fully saturated rings. The number of carboxylic acid groups (broad SMARTS) is 1. The molecule has 0 radical (unpaired) electrons. The summed E-state index contributed by atoms with van der Waals surface area (Å²) in [5.74, 6) is -1.59. The zero-order chi connectivity index (χ0) is 13.5. The molecule has 0 amide bonds. The minimum absolute atomic E-state index is 0.127. The highest BCUT2D eigenvalue weighted by atomic mass is 16.5. The lowest BCUT2D eigenvalue weighted by atomic mass is 9.96. The fourth-order valence-electron chi connectivity index (χ4n) is 1.58. The van der Waals surface area contributed by atoms with Gasteiger partial charge >= 0.3 is 11.9 Å². The molecule has 1 atom stereocenters. The third-order valence-corrected chi connectivity index (χ3v) is 2.63. The van der Waals surface area contributed by atoms with Crippen molar-refractivity contribution >= 4 is 11.9 Å². The van der Waals surface area contributed by atoms with Gasteiger partial charge in [-0.3, -0.25) is 9.59 Å². The lowest BCUT2D eigenvalue weighted by molar-refractivity contribution is -0.149. The first-order valence-corrected chi connectivity index (χ1v) is 5.49. The third-order valence-electron chi connectivity index (χ3n) is 2.63. The van der Waals surface area contributed by atoms with Crippen molar-refractivity contribution in [1.82, 2.24) is 0 Å². The van der Waals surface area contributed by atoms with Gasteiger partial charge in [0.25, 0.3) is 0 Å². The van der Waals surface area contributed by atoms with Crippen LogP contribution in [0.3, 0.4) is 0 Å². The number of carbonyl (C=O) groups is 2. The molecule has 0 saturated carbocycles. The van der Waals surface area contributed by atoms with Crippen molar-refractivity contribution < 1.29 is 24.2 Å². The van der Waals surface area contributed by atoms with Gasteiger partial charge in [0, 0.05) is 0 Å². The molecule has 0 saturated heterocycles. The van der Waals surface area contributed by atoms with E-state index in [0.29, 0.717) is 5.75 Å². The predicted octanol–water partition coefficient (Wildman–Crippen LogP) is 1.50. The number of carbonyl (C=O) groups excluding carboxylic acids is 1. The highest BCUT2D eigenvalue weighted by molar-refractivity contribution is 5.78. The van der Waals surface area contributed by atoms with E-state index >= 15 is 0 Å². The number of carboxylic acids is 1. The molecular formula is C13H16O5. The fourth-order valence-corrected chi connectivity index (χ4v) is 1.58. The van der Waals surface area contributed by atoms with Gasteiger partial charge in [0.15, 0.2) is 0 Å². The van der Waals surface area contributed by atoms with E-state index in [-0.39, 0.29) is 12.8 Å². The maximum absolute atomic E-state index is 11.1. The second-order valence-corrected chi connectivity index (χ2v) is 3.87. The Morgan fingerprint density at radius 3 is 2.28 bits per heavy atom. The summed E-state index contributed by atoms with van der Waals surface area (Å²) in [6.45, 7) is 0. The third kappa shape index (κ3) is 4.08. The van der Waals surface area contributed by atoms with E-state index in [4.69, 9.17) is 9.84 Å². The summed E-state index contributed by atoms with van der Waals surface area (Å²) in [5.41, 5.74) is 0.840. The average Bonchev–Trinajstić information content (AvgIpc) is 2.38. The minimum Gasteiger partial charge on any atom is -0.497 e. The van der Waals surface area contributed by atoms with E-state index in [1.165, 1.54) is 7.11 Å². The van der Waals surface area contributed by atoms with Gasteiger partial charge in [-0.15, -0.1) is 0 Å². The maximum atomic E-state index is 11.1. The van der Waals surface area contributed by atoms with Crippen molar-refractivity contribution in [2.24, 2.45) is 5.92 Å². The summed E-state index contributed by atoms with van der Waals surface area (Å²) in [6, 6.07) is 7.08. The first-order chi connectivity index (χ1) is 8.56. The molecule has 98 valence electrons. The molecule has 0 bridgehead atoms. The first kappa shape index (κ1) is 14.0. The highest BCUT2D eigenvalue weighted by Crippen LogP contribution is 2.17. The van der Waals surface area contributed by atoms with Crippen LogP contribution in [0.5, 0.6) is 5.75 Å². The summed E-state index contributed by atoms with van der Waals surface area (Å²) in [5, 5.41) is 9.05. The summed E-state index contributed by atoms with van der Waals surface area (Å²) in [7, 11) is 2.81. The van der Waals surface area contributed by atoms with E-state index < -0.39 is 17.9 Å². The Morgan fingerprint density at radius 2 is 1.83 bits per heavy atom. The van der Waals surface area contributed by atoms with Crippen LogP contribution in [0.2, 0.25) is 0 Å². The molecular weight excluding hydrogens is 236 g/mol. The monoisotopic (exact) mass is 252 g/mol.